The van der Waals surface area contributed by atoms with E-state index in [2.05, 4.69) is 46.1 Å². The van der Waals surface area contributed by atoms with Gasteiger partial charge in [-0.2, -0.15) is 0 Å². The zero-order chi connectivity index (χ0) is 13.4. The third-order valence-corrected chi connectivity index (χ3v) is 5.78. The van der Waals surface area contributed by atoms with E-state index in [0.717, 1.165) is 22.2 Å². The molecule has 0 N–H and O–H groups in total. The molecule has 0 heterocycles. The molecule has 2 bridgehead atoms. The molecule has 1 aromatic rings. The number of rotatable bonds is 4. The molecule has 0 saturated heterocycles. The molecule has 2 fully saturated rings. The summed E-state index contributed by atoms with van der Waals surface area (Å²) in [5, 5.41) is 0. The largest absolute Gasteiger partial charge is 0.374 e. The summed E-state index contributed by atoms with van der Waals surface area (Å²) < 4.78 is 1.14. The highest BCUT2D eigenvalue weighted by molar-refractivity contribution is 9.10. The molecular weight excluding hydrogens is 322 g/mol. The summed E-state index contributed by atoms with van der Waals surface area (Å²) in [6.45, 7) is 1.18. The van der Waals surface area contributed by atoms with Gasteiger partial charge in [0.2, 0.25) is 0 Å². The highest BCUT2D eigenvalue weighted by Crippen LogP contribution is 2.48. The highest BCUT2D eigenvalue weighted by Gasteiger charge is 2.39. The van der Waals surface area contributed by atoms with Gasteiger partial charge in [0.05, 0.1) is 0 Å². The van der Waals surface area contributed by atoms with Crippen molar-refractivity contribution in [3.63, 3.8) is 0 Å². The van der Waals surface area contributed by atoms with Crippen LogP contribution >= 0.6 is 27.5 Å². The number of alkyl halides is 1. The Balaban J connectivity index is 1.73. The lowest BCUT2D eigenvalue weighted by Gasteiger charge is -2.29. The molecule has 1 nitrogen and oxygen atoms in total. The monoisotopic (exact) mass is 341 g/mol. The standard InChI is InChI=1S/C16H21BrClN/c1-19(10-14-7-11-2-3-12(14)6-11)16-8-15(17)5-4-13(16)9-18/h4-5,8,11-12,14H,2-3,6-7,9-10H2,1H3. The molecule has 0 radical (unpaired) electrons. The summed E-state index contributed by atoms with van der Waals surface area (Å²) in [5.41, 5.74) is 2.52. The second-order valence-electron chi connectivity index (χ2n) is 6.22. The number of hydrogen-bond acceptors (Lipinski definition) is 1. The predicted octanol–water partition coefficient (Wildman–Crippen LogP) is 5.06. The van der Waals surface area contributed by atoms with E-state index in [4.69, 9.17) is 11.6 Å². The highest BCUT2D eigenvalue weighted by atomic mass is 79.9. The maximum atomic E-state index is 6.07. The van der Waals surface area contributed by atoms with E-state index < -0.39 is 0 Å². The van der Waals surface area contributed by atoms with Crippen LogP contribution in [0.3, 0.4) is 0 Å². The summed E-state index contributed by atoms with van der Waals surface area (Å²) in [7, 11) is 2.21. The van der Waals surface area contributed by atoms with Crippen LogP contribution in [0.15, 0.2) is 22.7 Å². The molecule has 0 aliphatic heterocycles. The van der Waals surface area contributed by atoms with Gasteiger partial charge in [0.1, 0.15) is 0 Å². The van der Waals surface area contributed by atoms with Gasteiger partial charge in [0, 0.05) is 29.6 Å². The molecule has 1 aromatic carbocycles. The van der Waals surface area contributed by atoms with Crippen LogP contribution < -0.4 is 4.90 Å². The van der Waals surface area contributed by atoms with Crippen LogP contribution in [0.2, 0.25) is 0 Å². The first-order chi connectivity index (χ1) is 9.17. The number of hydrogen-bond donors (Lipinski definition) is 0. The van der Waals surface area contributed by atoms with Gasteiger partial charge in [-0.3, -0.25) is 0 Å². The van der Waals surface area contributed by atoms with Gasteiger partial charge >= 0.3 is 0 Å². The fourth-order valence-electron chi connectivity index (χ4n) is 4.06. The number of halogens is 2. The van der Waals surface area contributed by atoms with E-state index in [1.807, 2.05) is 0 Å². The molecular formula is C16H21BrClN. The predicted molar refractivity (Wildman–Crippen MR) is 85.9 cm³/mol. The van der Waals surface area contributed by atoms with E-state index in [9.17, 15) is 0 Å². The van der Waals surface area contributed by atoms with Crippen molar-refractivity contribution < 1.29 is 0 Å². The first-order valence-electron chi connectivity index (χ1n) is 7.23. The molecule has 3 unspecified atom stereocenters. The maximum absolute atomic E-state index is 6.07. The summed E-state index contributed by atoms with van der Waals surface area (Å²) >= 11 is 9.64. The Labute approximate surface area is 129 Å². The zero-order valence-electron chi connectivity index (χ0n) is 11.4. The van der Waals surface area contributed by atoms with Crippen molar-refractivity contribution in [2.75, 3.05) is 18.5 Å². The summed E-state index contributed by atoms with van der Waals surface area (Å²) in [6.07, 6.45) is 5.87. The van der Waals surface area contributed by atoms with Crippen LogP contribution in [0, 0.1) is 17.8 Å². The lowest BCUT2D eigenvalue weighted by atomic mass is 9.88. The summed E-state index contributed by atoms with van der Waals surface area (Å²) in [4.78, 5) is 2.41. The number of fused-ring (bicyclic) bond motifs is 2. The maximum Gasteiger partial charge on any atom is 0.0494 e. The molecule has 0 aromatic heterocycles. The van der Waals surface area contributed by atoms with Gasteiger partial charge in [-0.1, -0.05) is 28.4 Å². The van der Waals surface area contributed by atoms with Crippen LogP contribution in [-0.4, -0.2) is 13.6 Å². The van der Waals surface area contributed by atoms with Crippen LogP contribution in [0.4, 0.5) is 5.69 Å². The average Bonchev–Trinajstić information content (AvgIpc) is 3.01. The van der Waals surface area contributed by atoms with Gasteiger partial charge < -0.3 is 4.90 Å². The van der Waals surface area contributed by atoms with E-state index in [0.29, 0.717) is 5.88 Å². The van der Waals surface area contributed by atoms with Crippen LogP contribution in [0.1, 0.15) is 31.2 Å². The Hall–Kier alpha value is -0.210. The first-order valence-corrected chi connectivity index (χ1v) is 8.55. The minimum Gasteiger partial charge on any atom is -0.374 e. The molecule has 3 atom stereocenters. The number of nitrogens with zero attached hydrogens (tertiary/aromatic N) is 1. The minimum absolute atomic E-state index is 0.587. The van der Waals surface area contributed by atoms with Crippen molar-refractivity contribution in [1.82, 2.24) is 0 Å². The van der Waals surface area contributed by atoms with E-state index in [1.165, 1.54) is 43.5 Å². The first kappa shape index (κ1) is 13.8. The molecule has 2 saturated carbocycles. The van der Waals surface area contributed by atoms with Gasteiger partial charge in [-0.15, -0.1) is 11.6 Å². The van der Waals surface area contributed by atoms with E-state index >= 15 is 0 Å². The molecule has 2 aliphatic rings. The summed E-state index contributed by atoms with van der Waals surface area (Å²) in [5.74, 6) is 3.49. The minimum atomic E-state index is 0.587. The third-order valence-electron chi connectivity index (χ3n) is 5.00. The van der Waals surface area contributed by atoms with Crippen molar-refractivity contribution in [3.05, 3.63) is 28.2 Å². The quantitative estimate of drug-likeness (QED) is 0.691. The van der Waals surface area contributed by atoms with Gasteiger partial charge in [0.15, 0.2) is 0 Å². The lowest BCUT2D eigenvalue weighted by Crippen LogP contribution is -2.29. The Morgan fingerprint density at radius 2 is 2.16 bits per heavy atom. The molecule has 0 amide bonds. The zero-order valence-corrected chi connectivity index (χ0v) is 13.8. The number of benzene rings is 1. The Kier molecular flexibility index (Phi) is 4.09. The molecule has 2 aliphatic carbocycles. The molecule has 19 heavy (non-hydrogen) atoms. The van der Waals surface area contributed by atoms with Crippen LogP contribution in [0.25, 0.3) is 0 Å². The Morgan fingerprint density at radius 3 is 2.79 bits per heavy atom. The second kappa shape index (κ2) is 5.65. The molecule has 104 valence electrons. The van der Waals surface area contributed by atoms with Gasteiger partial charge in [-0.05, 0) is 54.7 Å². The topological polar surface area (TPSA) is 3.24 Å². The van der Waals surface area contributed by atoms with Crippen LogP contribution in [0.5, 0.6) is 0 Å². The van der Waals surface area contributed by atoms with Crippen molar-refractivity contribution in [1.29, 1.82) is 0 Å². The van der Waals surface area contributed by atoms with Crippen molar-refractivity contribution in [2.24, 2.45) is 17.8 Å². The smallest absolute Gasteiger partial charge is 0.0494 e. The Bertz CT molecular complexity index is 462. The summed E-state index contributed by atoms with van der Waals surface area (Å²) in [6, 6.07) is 6.40. The fourth-order valence-corrected chi connectivity index (χ4v) is 4.63. The van der Waals surface area contributed by atoms with Crippen LogP contribution in [-0.2, 0) is 5.88 Å². The van der Waals surface area contributed by atoms with E-state index in [-0.39, 0.29) is 0 Å². The van der Waals surface area contributed by atoms with Crippen molar-refractivity contribution >= 4 is 33.2 Å². The molecule has 0 spiro atoms. The number of anilines is 1. The SMILES string of the molecule is CN(CC1CC2CCC1C2)c1cc(Br)ccc1CCl. The Morgan fingerprint density at radius 1 is 1.32 bits per heavy atom. The lowest BCUT2D eigenvalue weighted by molar-refractivity contribution is 0.337. The third kappa shape index (κ3) is 2.80. The van der Waals surface area contributed by atoms with E-state index in [1.54, 1.807) is 0 Å². The normalized spacial score (nSPS) is 28.9. The molecule has 3 rings (SSSR count). The van der Waals surface area contributed by atoms with Crippen molar-refractivity contribution in [3.8, 4) is 0 Å². The van der Waals surface area contributed by atoms with Crippen molar-refractivity contribution in [2.45, 2.75) is 31.6 Å². The van der Waals surface area contributed by atoms with Gasteiger partial charge in [-0.25, -0.2) is 0 Å². The fraction of sp³-hybridized carbons (Fsp3) is 0.625. The average molecular weight is 343 g/mol. The van der Waals surface area contributed by atoms with Gasteiger partial charge in [0.25, 0.3) is 0 Å². The second-order valence-corrected chi connectivity index (χ2v) is 7.41. The molecule has 3 heteroatoms.